The fourth-order valence-corrected chi connectivity index (χ4v) is 2.54. The summed E-state index contributed by atoms with van der Waals surface area (Å²) in [5, 5.41) is 16.2. The molecule has 128 valence electrons. The standard InChI is InChI=1S/C16H24N2O5/c1-10-15(17-6-7-23-10)16(20)18-9-13(19)12-8-11(21-2)4-5-14(12)22-3/h4-5,8,10,13,15,17,19H,6-7,9H2,1-3H3,(H,18,20)/t10-,13?,15+/m1/s1. The zero-order chi connectivity index (χ0) is 16.8. The summed E-state index contributed by atoms with van der Waals surface area (Å²) in [6.45, 7) is 3.15. The summed E-state index contributed by atoms with van der Waals surface area (Å²) < 4.78 is 15.9. The summed E-state index contributed by atoms with van der Waals surface area (Å²) >= 11 is 0. The van der Waals surface area contributed by atoms with Crippen LogP contribution in [0.4, 0.5) is 0 Å². The van der Waals surface area contributed by atoms with E-state index in [4.69, 9.17) is 14.2 Å². The quantitative estimate of drug-likeness (QED) is 0.694. The van der Waals surface area contributed by atoms with Crippen molar-refractivity contribution in [2.75, 3.05) is 33.9 Å². The molecule has 0 bridgehead atoms. The van der Waals surface area contributed by atoms with Crippen LogP contribution >= 0.6 is 0 Å². The van der Waals surface area contributed by atoms with E-state index in [0.717, 1.165) is 0 Å². The van der Waals surface area contributed by atoms with Crippen LogP contribution in [0.2, 0.25) is 0 Å². The molecule has 0 aliphatic carbocycles. The van der Waals surface area contributed by atoms with Crippen molar-refractivity contribution in [2.24, 2.45) is 0 Å². The van der Waals surface area contributed by atoms with Gasteiger partial charge in [0.2, 0.25) is 5.91 Å². The van der Waals surface area contributed by atoms with Crippen molar-refractivity contribution >= 4 is 5.91 Å². The maximum atomic E-state index is 12.2. The van der Waals surface area contributed by atoms with Crippen LogP contribution in [0.3, 0.4) is 0 Å². The number of hydrogen-bond donors (Lipinski definition) is 3. The van der Waals surface area contributed by atoms with Crippen LogP contribution in [-0.4, -0.2) is 57.1 Å². The highest BCUT2D eigenvalue weighted by molar-refractivity contribution is 5.82. The molecule has 0 aromatic heterocycles. The van der Waals surface area contributed by atoms with Gasteiger partial charge >= 0.3 is 0 Å². The van der Waals surface area contributed by atoms with E-state index in [1.165, 1.54) is 7.11 Å². The molecule has 1 aliphatic rings. The van der Waals surface area contributed by atoms with E-state index in [1.807, 2.05) is 6.92 Å². The summed E-state index contributed by atoms with van der Waals surface area (Å²) in [5.41, 5.74) is 0.563. The minimum atomic E-state index is -0.899. The largest absolute Gasteiger partial charge is 0.497 e. The molecule has 2 rings (SSSR count). The zero-order valence-corrected chi connectivity index (χ0v) is 13.7. The number of amides is 1. The SMILES string of the molecule is COc1ccc(OC)c(C(O)CNC(=O)[C@H]2NCCO[C@@H]2C)c1. The number of methoxy groups -OCH3 is 2. The average Bonchev–Trinajstić information content (AvgIpc) is 2.59. The van der Waals surface area contributed by atoms with Crippen molar-refractivity contribution < 1.29 is 24.1 Å². The van der Waals surface area contributed by atoms with E-state index in [2.05, 4.69) is 10.6 Å². The zero-order valence-electron chi connectivity index (χ0n) is 13.7. The molecule has 1 aromatic rings. The lowest BCUT2D eigenvalue weighted by atomic mass is 10.1. The Morgan fingerprint density at radius 2 is 2.26 bits per heavy atom. The van der Waals surface area contributed by atoms with Gasteiger partial charge in [0.15, 0.2) is 0 Å². The number of nitrogens with one attached hydrogen (secondary N) is 2. The number of morpholine rings is 1. The van der Waals surface area contributed by atoms with E-state index in [1.54, 1.807) is 25.3 Å². The van der Waals surface area contributed by atoms with E-state index in [9.17, 15) is 9.90 Å². The lowest BCUT2D eigenvalue weighted by Crippen LogP contribution is -2.55. The summed E-state index contributed by atoms with van der Waals surface area (Å²) in [6, 6.07) is 4.75. The van der Waals surface area contributed by atoms with Crippen molar-refractivity contribution in [3.63, 3.8) is 0 Å². The minimum absolute atomic E-state index is 0.0766. The molecule has 0 radical (unpaired) electrons. The van der Waals surface area contributed by atoms with Gasteiger partial charge in [-0.1, -0.05) is 0 Å². The second kappa shape index (κ2) is 8.14. The monoisotopic (exact) mass is 324 g/mol. The molecular weight excluding hydrogens is 300 g/mol. The van der Waals surface area contributed by atoms with Crippen LogP contribution in [0, 0.1) is 0 Å². The topological polar surface area (TPSA) is 89.0 Å². The fourth-order valence-electron chi connectivity index (χ4n) is 2.54. The normalized spacial score (nSPS) is 22.3. The molecule has 7 nitrogen and oxygen atoms in total. The third-order valence-corrected chi connectivity index (χ3v) is 3.86. The Bertz CT molecular complexity index is 537. The molecule has 23 heavy (non-hydrogen) atoms. The first-order valence-electron chi connectivity index (χ1n) is 7.59. The molecule has 3 atom stereocenters. The minimum Gasteiger partial charge on any atom is -0.497 e. The smallest absolute Gasteiger partial charge is 0.239 e. The molecule has 1 saturated heterocycles. The van der Waals surface area contributed by atoms with E-state index < -0.39 is 12.1 Å². The molecule has 1 aliphatic heterocycles. The third kappa shape index (κ3) is 4.34. The number of hydrogen-bond acceptors (Lipinski definition) is 6. The van der Waals surface area contributed by atoms with Gasteiger partial charge in [-0.3, -0.25) is 4.79 Å². The number of aliphatic hydroxyl groups excluding tert-OH is 1. The average molecular weight is 324 g/mol. The van der Waals surface area contributed by atoms with Crippen LogP contribution < -0.4 is 20.1 Å². The van der Waals surface area contributed by atoms with Crippen LogP contribution in [0.25, 0.3) is 0 Å². The maximum absolute atomic E-state index is 12.2. The Labute approximate surface area is 135 Å². The van der Waals surface area contributed by atoms with Gasteiger partial charge in [0.25, 0.3) is 0 Å². The van der Waals surface area contributed by atoms with Crippen LogP contribution in [0.15, 0.2) is 18.2 Å². The highest BCUT2D eigenvalue weighted by Crippen LogP contribution is 2.29. The number of rotatable bonds is 6. The van der Waals surface area contributed by atoms with Gasteiger partial charge in [-0.25, -0.2) is 0 Å². The summed E-state index contributed by atoms with van der Waals surface area (Å²) in [4.78, 5) is 12.2. The first-order valence-corrected chi connectivity index (χ1v) is 7.59. The Morgan fingerprint density at radius 1 is 1.48 bits per heavy atom. The van der Waals surface area contributed by atoms with Crippen molar-refractivity contribution in [1.82, 2.24) is 10.6 Å². The van der Waals surface area contributed by atoms with Gasteiger partial charge < -0.3 is 30.0 Å². The Balaban J connectivity index is 1.98. The molecule has 3 N–H and O–H groups in total. The Hall–Kier alpha value is -1.83. The highest BCUT2D eigenvalue weighted by atomic mass is 16.5. The molecular formula is C16H24N2O5. The van der Waals surface area contributed by atoms with E-state index >= 15 is 0 Å². The van der Waals surface area contributed by atoms with Crippen LogP contribution in [0.1, 0.15) is 18.6 Å². The summed E-state index contributed by atoms with van der Waals surface area (Å²) in [6.07, 6.45) is -1.10. The molecule has 0 spiro atoms. The van der Waals surface area contributed by atoms with Gasteiger partial charge in [-0.05, 0) is 25.1 Å². The van der Waals surface area contributed by atoms with Crippen LogP contribution in [-0.2, 0) is 9.53 Å². The Morgan fingerprint density at radius 3 is 2.91 bits per heavy atom. The number of benzene rings is 1. The van der Waals surface area contributed by atoms with E-state index in [0.29, 0.717) is 30.2 Å². The Kier molecular flexibility index (Phi) is 6.20. The molecule has 7 heteroatoms. The van der Waals surface area contributed by atoms with Crippen molar-refractivity contribution in [2.45, 2.75) is 25.2 Å². The first kappa shape index (κ1) is 17.5. The maximum Gasteiger partial charge on any atom is 0.239 e. The molecule has 1 amide bonds. The van der Waals surface area contributed by atoms with Gasteiger partial charge in [0, 0.05) is 18.7 Å². The molecule has 0 saturated carbocycles. The van der Waals surface area contributed by atoms with Crippen molar-refractivity contribution in [3.05, 3.63) is 23.8 Å². The van der Waals surface area contributed by atoms with E-state index in [-0.39, 0.29) is 18.6 Å². The summed E-state index contributed by atoms with van der Waals surface area (Å²) in [7, 11) is 3.08. The number of carbonyl (C=O) groups excluding carboxylic acids is 1. The predicted molar refractivity (Wildman–Crippen MR) is 84.7 cm³/mol. The molecule has 1 aromatic carbocycles. The second-order valence-electron chi connectivity index (χ2n) is 5.38. The molecule has 1 fully saturated rings. The molecule has 1 heterocycles. The number of aliphatic hydroxyl groups is 1. The second-order valence-corrected chi connectivity index (χ2v) is 5.38. The lowest BCUT2D eigenvalue weighted by Gasteiger charge is -2.29. The van der Waals surface area contributed by atoms with Crippen molar-refractivity contribution in [3.8, 4) is 11.5 Å². The third-order valence-electron chi connectivity index (χ3n) is 3.86. The number of carbonyl (C=O) groups is 1. The van der Waals surface area contributed by atoms with Gasteiger partial charge in [-0.2, -0.15) is 0 Å². The van der Waals surface area contributed by atoms with Gasteiger partial charge in [0.05, 0.1) is 33.0 Å². The van der Waals surface area contributed by atoms with Gasteiger partial charge in [-0.15, -0.1) is 0 Å². The number of ether oxygens (including phenoxy) is 3. The fraction of sp³-hybridized carbons (Fsp3) is 0.562. The molecule has 1 unspecified atom stereocenters. The highest BCUT2D eigenvalue weighted by Gasteiger charge is 2.28. The summed E-state index contributed by atoms with van der Waals surface area (Å²) in [5.74, 6) is 0.959. The van der Waals surface area contributed by atoms with Crippen molar-refractivity contribution in [1.29, 1.82) is 0 Å². The first-order chi connectivity index (χ1) is 11.1. The lowest BCUT2D eigenvalue weighted by molar-refractivity contribution is -0.129. The van der Waals surface area contributed by atoms with Gasteiger partial charge in [0.1, 0.15) is 17.5 Å². The predicted octanol–water partition coefficient (Wildman–Crippen LogP) is 0.230. The van der Waals surface area contributed by atoms with Crippen LogP contribution in [0.5, 0.6) is 11.5 Å².